The molecule has 1 aliphatic rings. The van der Waals surface area contributed by atoms with E-state index in [1.807, 2.05) is 30.3 Å². The number of nitrogens with one attached hydrogen (secondary N) is 1. The van der Waals surface area contributed by atoms with E-state index in [1.165, 1.54) is 11.1 Å². The molecule has 3 rings (SSSR count). The first-order chi connectivity index (χ1) is 9.80. The van der Waals surface area contributed by atoms with Crippen LogP contribution in [0.15, 0.2) is 42.5 Å². The zero-order valence-corrected chi connectivity index (χ0v) is 11.4. The molecule has 0 amide bonds. The molecule has 0 fully saturated rings. The highest BCUT2D eigenvalue weighted by Crippen LogP contribution is 2.36. The average molecular weight is 264 g/mol. The third-order valence-corrected chi connectivity index (χ3v) is 3.76. The summed E-state index contributed by atoms with van der Waals surface area (Å²) in [5.74, 6) is 0.892. The van der Waals surface area contributed by atoms with E-state index in [1.54, 1.807) is 7.11 Å². The van der Waals surface area contributed by atoms with Gasteiger partial charge in [-0.25, -0.2) is 0 Å². The molecule has 1 atom stereocenters. The van der Waals surface area contributed by atoms with E-state index in [2.05, 4.69) is 23.5 Å². The molecular formula is C17H16N2O. The number of benzene rings is 2. The molecule has 0 heterocycles. The van der Waals surface area contributed by atoms with Crippen LogP contribution >= 0.6 is 0 Å². The summed E-state index contributed by atoms with van der Waals surface area (Å²) in [4.78, 5) is 0. The Balaban J connectivity index is 1.86. The highest BCUT2D eigenvalue weighted by Gasteiger charge is 2.22. The number of aryl methyl sites for hydroxylation is 1. The Bertz CT molecular complexity index is 673. The van der Waals surface area contributed by atoms with E-state index in [-0.39, 0.29) is 6.04 Å². The normalized spacial score (nSPS) is 16.3. The number of methoxy groups -OCH3 is 1. The molecule has 0 radical (unpaired) electrons. The van der Waals surface area contributed by atoms with E-state index in [0.717, 1.165) is 24.3 Å². The topological polar surface area (TPSA) is 45.0 Å². The lowest BCUT2D eigenvalue weighted by Gasteiger charge is -2.16. The van der Waals surface area contributed by atoms with Crippen molar-refractivity contribution < 1.29 is 4.74 Å². The Hall–Kier alpha value is -2.47. The van der Waals surface area contributed by atoms with Gasteiger partial charge in [0, 0.05) is 5.69 Å². The van der Waals surface area contributed by atoms with Gasteiger partial charge in [0.05, 0.1) is 24.8 Å². The molecule has 0 aliphatic heterocycles. The first kappa shape index (κ1) is 12.6. The van der Waals surface area contributed by atoms with Crippen LogP contribution in [0.5, 0.6) is 5.75 Å². The molecule has 2 aromatic carbocycles. The van der Waals surface area contributed by atoms with Crippen molar-refractivity contribution in [3.63, 3.8) is 0 Å². The summed E-state index contributed by atoms with van der Waals surface area (Å²) in [7, 11) is 1.69. The molecule has 100 valence electrons. The number of fused-ring (bicyclic) bond motifs is 1. The fraction of sp³-hybridized carbons (Fsp3) is 0.235. The van der Waals surface area contributed by atoms with Gasteiger partial charge >= 0.3 is 0 Å². The maximum absolute atomic E-state index is 8.95. The summed E-state index contributed by atoms with van der Waals surface area (Å²) in [5.41, 5.74) is 4.34. The predicted octanol–water partition coefficient (Wildman–Crippen LogP) is 3.67. The minimum Gasteiger partial charge on any atom is -0.497 e. The van der Waals surface area contributed by atoms with Crippen molar-refractivity contribution in [3.05, 3.63) is 59.2 Å². The second-order valence-electron chi connectivity index (χ2n) is 4.99. The number of nitrogens with zero attached hydrogens (tertiary/aromatic N) is 1. The zero-order valence-electron chi connectivity index (χ0n) is 11.4. The van der Waals surface area contributed by atoms with Gasteiger partial charge in [-0.05, 0) is 54.3 Å². The Morgan fingerprint density at radius 1 is 1.25 bits per heavy atom. The number of anilines is 1. The molecule has 0 bridgehead atoms. The minimum atomic E-state index is 0.286. The van der Waals surface area contributed by atoms with Gasteiger partial charge in [-0.15, -0.1) is 0 Å². The minimum absolute atomic E-state index is 0.286. The van der Waals surface area contributed by atoms with Crippen LogP contribution < -0.4 is 10.1 Å². The van der Waals surface area contributed by atoms with Gasteiger partial charge in [0.15, 0.2) is 0 Å². The summed E-state index contributed by atoms with van der Waals surface area (Å²) in [6.45, 7) is 0. The molecule has 1 unspecified atom stereocenters. The molecule has 3 heteroatoms. The summed E-state index contributed by atoms with van der Waals surface area (Å²) in [5, 5.41) is 12.5. The Kier molecular flexibility index (Phi) is 3.30. The van der Waals surface area contributed by atoms with Gasteiger partial charge in [-0.1, -0.05) is 12.1 Å². The number of ether oxygens (including phenoxy) is 1. The van der Waals surface area contributed by atoms with Gasteiger partial charge in [-0.3, -0.25) is 0 Å². The van der Waals surface area contributed by atoms with Gasteiger partial charge < -0.3 is 10.1 Å². The van der Waals surface area contributed by atoms with Crippen LogP contribution in [0.25, 0.3) is 0 Å². The molecule has 0 aromatic heterocycles. The van der Waals surface area contributed by atoms with Crippen LogP contribution in [0.1, 0.15) is 29.2 Å². The van der Waals surface area contributed by atoms with Gasteiger partial charge in [0.25, 0.3) is 0 Å². The molecule has 1 aliphatic carbocycles. The lowest BCUT2D eigenvalue weighted by molar-refractivity contribution is 0.414. The Labute approximate surface area is 118 Å². The number of nitriles is 1. The van der Waals surface area contributed by atoms with Crippen LogP contribution in [-0.2, 0) is 6.42 Å². The summed E-state index contributed by atoms with van der Waals surface area (Å²) in [6, 6.07) is 16.3. The van der Waals surface area contributed by atoms with Gasteiger partial charge in [0.2, 0.25) is 0 Å². The van der Waals surface area contributed by atoms with E-state index in [9.17, 15) is 0 Å². The molecule has 1 N–H and O–H groups in total. The number of hydrogen-bond donors (Lipinski definition) is 1. The molecule has 0 spiro atoms. The van der Waals surface area contributed by atoms with E-state index < -0.39 is 0 Å². The van der Waals surface area contributed by atoms with Crippen LogP contribution in [0, 0.1) is 11.3 Å². The molecule has 2 aromatic rings. The summed E-state index contributed by atoms with van der Waals surface area (Å²) < 4.78 is 5.30. The Morgan fingerprint density at radius 2 is 2.15 bits per heavy atom. The van der Waals surface area contributed by atoms with E-state index >= 15 is 0 Å². The molecule has 3 nitrogen and oxygen atoms in total. The summed E-state index contributed by atoms with van der Waals surface area (Å²) in [6.07, 6.45) is 2.15. The van der Waals surface area contributed by atoms with Crippen molar-refractivity contribution in [2.45, 2.75) is 18.9 Å². The van der Waals surface area contributed by atoms with E-state index in [0.29, 0.717) is 5.56 Å². The van der Waals surface area contributed by atoms with Crippen LogP contribution in [0.3, 0.4) is 0 Å². The fourth-order valence-corrected chi connectivity index (χ4v) is 2.74. The first-order valence-electron chi connectivity index (χ1n) is 6.73. The molecule has 0 saturated carbocycles. The predicted molar refractivity (Wildman–Crippen MR) is 78.8 cm³/mol. The second-order valence-corrected chi connectivity index (χ2v) is 4.99. The second kappa shape index (κ2) is 5.26. The third kappa shape index (κ3) is 2.33. The van der Waals surface area contributed by atoms with Gasteiger partial charge in [0.1, 0.15) is 5.75 Å². The quantitative estimate of drug-likeness (QED) is 0.920. The molecule has 20 heavy (non-hydrogen) atoms. The summed E-state index contributed by atoms with van der Waals surface area (Å²) >= 11 is 0. The van der Waals surface area contributed by atoms with Crippen LogP contribution in [0.4, 0.5) is 5.69 Å². The van der Waals surface area contributed by atoms with Crippen LogP contribution in [-0.4, -0.2) is 7.11 Å². The lowest BCUT2D eigenvalue weighted by atomic mass is 10.1. The SMILES string of the molecule is COc1ccc2c(c1)C(Nc1cccc(C#N)c1)CC2. The van der Waals surface area contributed by atoms with Crippen molar-refractivity contribution >= 4 is 5.69 Å². The third-order valence-electron chi connectivity index (χ3n) is 3.76. The zero-order chi connectivity index (χ0) is 13.9. The average Bonchev–Trinajstić information content (AvgIpc) is 2.89. The van der Waals surface area contributed by atoms with E-state index in [4.69, 9.17) is 10.00 Å². The van der Waals surface area contributed by atoms with Crippen molar-refractivity contribution in [3.8, 4) is 11.8 Å². The van der Waals surface area contributed by atoms with Crippen molar-refractivity contribution in [1.29, 1.82) is 5.26 Å². The van der Waals surface area contributed by atoms with Gasteiger partial charge in [-0.2, -0.15) is 5.26 Å². The number of hydrogen-bond acceptors (Lipinski definition) is 3. The molecular weight excluding hydrogens is 248 g/mol. The van der Waals surface area contributed by atoms with Crippen molar-refractivity contribution in [1.82, 2.24) is 0 Å². The lowest BCUT2D eigenvalue weighted by Crippen LogP contribution is -2.07. The largest absolute Gasteiger partial charge is 0.497 e. The smallest absolute Gasteiger partial charge is 0.119 e. The maximum Gasteiger partial charge on any atom is 0.119 e. The highest BCUT2D eigenvalue weighted by molar-refractivity contribution is 5.53. The Morgan fingerprint density at radius 3 is 2.95 bits per heavy atom. The van der Waals surface area contributed by atoms with Crippen molar-refractivity contribution in [2.24, 2.45) is 0 Å². The monoisotopic (exact) mass is 264 g/mol. The maximum atomic E-state index is 8.95. The fourth-order valence-electron chi connectivity index (χ4n) is 2.74. The van der Waals surface area contributed by atoms with Crippen LogP contribution in [0.2, 0.25) is 0 Å². The van der Waals surface area contributed by atoms with Crippen molar-refractivity contribution in [2.75, 3.05) is 12.4 Å². The molecule has 0 saturated heterocycles. The standard InChI is InChI=1S/C17H16N2O/c1-20-15-7-5-13-6-8-17(16(13)10-15)19-14-4-2-3-12(9-14)11-18/h2-5,7,9-10,17,19H,6,8H2,1H3. The highest BCUT2D eigenvalue weighted by atomic mass is 16.5. The number of rotatable bonds is 3. The first-order valence-corrected chi connectivity index (χ1v) is 6.73.